The van der Waals surface area contributed by atoms with Crippen molar-refractivity contribution in [2.24, 2.45) is 5.41 Å². The van der Waals surface area contributed by atoms with Crippen LogP contribution in [0.25, 0.3) is 0 Å². The lowest BCUT2D eigenvalue weighted by atomic mass is 9.85. The van der Waals surface area contributed by atoms with Gasteiger partial charge in [-0.25, -0.2) is 9.67 Å². The van der Waals surface area contributed by atoms with E-state index in [9.17, 15) is 4.79 Å². The Bertz CT molecular complexity index is 419. The van der Waals surface area contributed by atoms with E-state index in [2.05, 4.69) is 10.1 Å². The fourth-order valence-corrected chi connectivity index (χ4v) is 2.07. The number of rotatable bonds is 6. The van der Waals surface area contributed by atoms with E-state index < -0.39 is 6.10 Å². The first-order valence-electron chi connectivity index (χ1n) is 6.80. The second-order valence-corrected chi connectivity index (χ2v) is 6.06. The van der Waals surface area contributed by atoms with Gasteiger partial charge in [-0.3, -0.25) is 4.79 Å². The zero-order chi connectivity index (χ0) is 14.6. The molecule has 0 radical (unpaired) electrons. The molecule has 0 aliphatic rings. The average Bonchev–Trinajstić information content (AvgIpc) is 2.72. The quantitative estimate of drug-likeness (QED) is 0.794. The SMILES string of the molecule is CCOC(C(=O)Cc1ncnn1C(C)C)C(C)(C)C. The smallest absolute Gasteiger partial charge is 0.169 e. The molecule has 5 heteroatoms. The first-order valence-corrected chi connectivity index (χ1v) is 6.80. The Morgan fingerprint density at radius 2 is 2.05 bits per heavy atom. The Labute approximate surface area is 115 Å². The van der Waals surface area contributed by atoms with Crippen molar-refractivity contribution < 1.29 is 9.53 Å². The molecule has 0 spiro atoms. The van der Waals surface area contributed by atoms with E-state index in [1.54, 1.807) is 4.68 Å². The van der Waals surface area contributed by atoms with Crippen molar-refractivity contribution in [1.82, 2.24) is 14.8 Å². The molecule has 0 amide bonds. The fourth-order valence-electron chi connectivity index (χ4n) is 2.07. The van der Waals surface area contributed by atoms with Crippen LogP contribution in [0.5, 0.6) is 0 Å². The molecule has 1 heterocycles. The van der Waals surface area contributed by atoms with E-state index in [0.29, 0.717) is 12.4 Å². The van der Waals surface area contributed by atoms with Crippen molar-refractivity contribution >= 4 is 5.78 Å². The van der Waals surface area contributed by atoms with Gasteiger partial charge in [-0.15, -0.1) is 0 Å². The highest BCUT2D eigenvalue weighted by atomic mass is 16.5. The van der Waals surface area contributed by atoms with Crippen molar-refractivity contribution in [1.29, 1.82) is 0 Å². The van der Waals surface area contributed by atoms with Crippen LogP contribution < -0.4 is 0 Å². The molecule has 1 aromatic heterocycles. The molecule has 0 bridgehead atoms. The molecular formula is C14H25N3O2. The number of Topliss-reactive ketones (excluding diaryl/α,β-unsaturated/α-hetero) is 1. The van der Waals surface area contributed by atoms with Crippen LogP contribution in [0.2, 0.25) is 0 Å². The zero-order valence-electron chi connectivity index (χ0n) is 12.8. The second-order valence-electron chi connectivity index (χ2n) is 6.06. The number of carbonyl (C=O) groups is 1. The summed E-state index contributed by atoms with van der Waals surface area (Å²) < 4.78 is 7.39. The highest BCUT2D eigenvalue weighted by Crippen LogP contribution is 2.24. The van der Waals surface area contributed by atoms with Gasteiger partial charge in [0.25, 0.3) is 0 Å². The minimum absolute atomic E-state index is 0.0595. The van der Waals surface area contributed by atoms with Gasteiger partial charge in [0.1, 0.15) is 18.3 Å². The molecule has 5 nitrogen and oxygen atoms in total. The van der Waals surface area contributed by atoms with Crippen LogP contribution in [0.1, 0.15) is 53.4 Å². The molecule has 0 aliphatic carbocycles. The van der Waals surface area contributed by atoms with Crippen molar-refractivity contribution in [3.05, 3.63) is 12.2 Å². The van der Waals surface area contributed by atoms with E-state index in [0.717, 1.165) is 0 Å². The van der Waals surface area contributed by atoms with Gasteiger partial charge in [-0.1, -0.05) is 20.8 Å². The van der Waals surface area contributed by atoms with Crippen molar-refractivity contribution in [3.63, 3.8) is 0 Å². The van der Waals surface area contributed by atoms with Gasteiger partial charge in [-0.05, 0) is 26.2 Å². The van der Waals surface area contributed by atoms with Crippen LogP contribution in [0.4, 0.5) is 0 Å². The van der Waals surface area contributed by atoms with Crippen LogP contribution in [0.3, 0.4) is 0 Å². The van der Waals surface area contributed by atoms with E-state index in [1.165, 1.54) is 6.33 Å². The number of hydrogen-bond donors (Lipinski definition) is 0. The predicted octanol–water partition coefficient (Wildman–Crippen LogP) is 2.42. The average molecular weight is 267 g/mol. The van der Waals surface area contributed by atoms with E-state index >= 15 is 0 Å². The van der Waals surface area contributed by atoms with Crippen molar-refractivity contribution in [2.45, 2.75) is 60.1 Å². The lowest BCUT2D eigenvalue weighted by Crippen LogP contribution is -2.38. The number of ether oxygens (including phenoxy) is 1. The summed E-state index contributed by atoms with van der Waals surface area (Å²) in [6, 6.07) is 0.200. The summed E-state index contributed by atoms with van der Waals surface area (Å²) in [6.07, 6.45) is 1.35. The molecule has 0 aliphatic heterocycles. The maximum absolute atomic E-state index is 12.4. The second kappa shape index (κ2) is 6.28. The number of nitrogens with zero attached hydrogens (tertiary/aromatic N) is 3. The topological polar surface area (TPSA) is 57.0 Å². The largest absolute Gasteiger partial charge is 0.370 e. The predicted molar refractivity (Wildman–Crippen MR) is 74.0 cm³/mol. The highest BCUT2D eigenvalue weighted by molar-refractivity contribution is 5.85. The van der Waals surface area contributed by atoms with E-state index in [4.69, 9.17) is 4.74 Å². The maximum atomic E-state index is 12.4. The number of hydrogen-bond acceptors (Lipinski definition) is 4. The summed E-state index contributed by atoms with van der Waals surface area (Å²) in [5, 5.41) is 4.15. The number of aromatic nitrogens is 3. The minimum atomic E-state index is -0.408. The summed E-state index contributed by atoms with van der Waals surface area (Å²) in [5.74, 6) is 0.762. The Hall–Kier alpha value is -1.23. The molecule has 108 valence electrons. The molecular weight excluding hydrogens is 242 g/mol. The Morgan fingerprint density at radius 3 is 2.53 bits per heavy atom. The van der Waals surface area contributed by atoms with Crippen LogP contribution in [-0.2, 0) is 16.0 Å². The Kier molecular flexibility index (Phi) is 5.23. The third kappa shape index (κ3) is 4.13. The molecule has 1 unspecified atom stereocenters. The highest BCUT2D eigenvalue weighted by Gasteiger charge is 2.32. The third-order valence-corrected chi connectivity index (χ3v) is 2.88. The molecule has 0 fully saturated rings. The monoisotopic (exact) mass is 267 g/mol. The van der Waals surface area contributed by atoms with Gasteiger partial charge in [0.15, 0.2) is 5.78 Å². The lowest BCUT2D eigenvalue weighted by Gasteiger charge is -2.29. The Balaban J connectivity index is 2.85. The van der Waals surface area contributed by atoms with Gasteiger partial charge in [0, 0.05) is 12.6 Å². The standard InChI is InChI=1S/C14H25N3O2/c1-7-19-13(14(4,5)6)11(18)8-12-15-9-16-17(12)10(2)3/h9-10,13H,7-8H2,1-6H3. The summed E-state index contributed by atoms with van der Waals surface area (Å²) >= 11 is 0. The van der Waals surface area contributed by atoms with Crippen LogP contribution >= 0.6 is 0 Å². The molecule has 1 rings (SSSR count). The number of carbonyl (C=O) groups excluding carboxylic acids is 1. The maximum Gasteiger partial charge on any atom is 0.169 e. The molecule has 1 atom stereocenters. The first-order chi connectivity index (χ1) is 8.77. The van der Waals surface area contributed by atoms with Crippen LogP contribution in [-0.4, -0.2) is 33.3 Å². The molecule has 19 heavy (non-hydrogen) atoms. The van der Waals surface area contributed by atoms with E-state index in [-0.39, 0.29) is 23.7 Å². The lowest BCUT2D eigenvalue weighted by molar-refractivity contribution is -0.136. The van der Waals surface area contributed by atoms with Gasteiger partial charge < -0.3 is 4.74 Å². The van der Waals surface area contributed by atoms with Gasteiger partial charge >= 0.3 is 0 Å². The normalized spacial score (nSPS) is 13.8. The minimum Gasteiger partial charge on any atom is -0.370 e. The van der Waals surface area contributed by atoms with Gasteiger partial charge in [0.2, 0.25) is 0 Å². The molecule has 0 aromatic carbocycles. The molecule has 1 aromatic rings. The third-order valence-electron chi connectivity index (χ3n) is 2.88. The fraction of sp³-hybridized carbons (Fsp3) is 0.786. The van der Waals surface area contributed by atoms with Crippen LogP contribution in [0, 0.1) is 5.41 Å². The summed E-state index contributed by atoms with van der Waals surface area (Å²) in [7, 11) is 0. The zero-order valence-corrected chi connectivity index (χ0v) is 12.8. The summed E-state index contributed by atoms with van der Waals surface area (Å²) in [5.41, 5.74) is -0.213. The summed E-state index contributed by atoms with van der Waals surface area (Å²) in [6.45, 7) is 12.5. The number of ketones is 1. The molecule has 0 N–H and O–H groups in total. The van der Waals surface area contributed by atoms with Gasteiger partial charge in [0.05, 0.1) is 6.42 Å². The van der Waals surface area contributed by atoms with Crippen LogP contribution in [0.15, 0.2) is 6.33 Å². The Morgan fingerprint density at radius 1 is 1.42 bits per heavy atom. The summed E-state index contributed by atoms with van der Waals surface area (Å²) in [4.78, 5) is 16.6. The first kappa shape index (κ1) is 15.8. The molecule has 0 saturated carbocycles. The van der Waals surface area contributed by atoms with Crippen molar-refractivity contribution in [3.8, 4) is 0 Å². The van der Waals surface area contributed by atoms with E-state index in [1.807, 2.05) is 41.5 Å². The van der Waals surface area contributed by atoms with Crippen molar-refractivity contribution in [2.75, 3.05) is 6.61 Å². The molecule has 0 saturated heterocycles. The van der Waals surface area contributed by atoms with Gasteiger partial charge in [-0.2, -0.15) is 5.10 Å².